The highest BCUT2D eigenvalue weighted by Gasteiger charge is 2.33. The third kappa shape index (κ3) is 33.1. The molecule has 0 radical (unpaired) electrons. The van der Waals surface area contributed by atoms with Crippen LogP contribution in [0.4, 0.5) is 28.2 Å². The van der Waals surface area contributed by atoms with Gasteiger partial charge in [-0.3, -0.25) is 94.6 Å². The van der Waals surface area contributed by atoms with E-state index in [2.05, 4.69) is 108 Å². The molecule has 0 saturated heterocycles. The minimum Gasteiger partial charge on any atom is -0.496 e. The van der Waals surface area contributed by atoms with Crippen molar-refractivity contribution < 1.29 is 106 Å². The molecule has 0 saturated carbocycles. The number of ether oxygens (including phenoxy) is 6. The van der Waals surface area contributed by atoms with Crippen LogP contribution in [0.25, 0.3) is 44.7 Å². The van der Waals surface area contributed by atoms with Crippen LogP contribution < -0.4 is 54.6 Å². The van der Waals surface area contributed by atoms with Crippen LogP contribution in [-0.2, 0) is 131 Å². The summed E-state index contributed by atoms with van der Waals surface area (Å²) in [7, 11) is -12.5. The number of hydrogen-bond donors (Lipinski definition) is 8. The second-order valence-electron chi connectivity index (χ2n) is 31.8. The number of fused-ring (bicyclic) bond motifs is 4. The molecule has 54 heteroatoms. The highest BCUT2D eigenvalue weighted by molar-refractivity contribution is 9.11. The van der Waals surface area contributed by atoms with Crippen LogP contribution in [0.2, 0.25) is 0 Å². The zero-order valence-corrected chi connectivity index (χ0v) is 87.4. The van der Waals surface area contributed by atoms with Crippen LogP contribution in [0.1, 0.15) is 76.9 Å². The number of carbonyl (C=O) groups is 4. The number of hydrogen-bond acceptors (Lipinski definition) is 38. The summed E-state index contributed by atoms with van der Waals surface area (Å²) in [5, 5.41) is 0. The maximum absolute atomic E-state index is 13.9. The smallest absolute Gasteiger partial charge is 0.356 e. The van der Waals surface area contributed by atoms with Crippen LogP contribution in [0, 0.1) is 26.6 Å². The molecule has 15 rings (SSSR count). The predicted octanol–water partition coefficient (Wildman–Crippen LogP) is 14.0. The topological polar surface area (TPSA) is 624 Å². The quantitative estimate of drug-likeness (QED) is 0.00997. The molecular formula is C92H100Br3FN20O26P4. The summed E-state index contributed by atoms with van der Waals surface area (Å²) in [6.45, 7) is 6.14. The first-order valence-corrected chi connectivity index (χ1v) is 53.2. The second-order valence-corrected chi connectivity index (χ2v) is 42.5. The Kier molecular flexibility index (Phi) is 40.7. The summed E-state index contributed by atoms with van der Waals surface area (Å²) < 4.78 is 153. The van der Waals surface area contributed by atoms with Gasteiger partial charge in [-0.25, -0.2) is 24.3 Å². The van der Waals surface area contributed by atoms with Crippen LogP contribution in [0.15, 0.2) is 216 Å². The number of nitrogens with two attached hydrogens (primary N) is 4. The normalized spacial score (nSPS) is 13.0. The zero-order valence-electron chi connectivity index (χ0n) is 79.1. The second kappa shape index (κ2) is 53.0. The molecule has 0 bridgehead atoms. The lowest BCUT2D eigenvalue weighted by molar-refractivity contribution is -0.119. The van der Waals surface area contributed by atoms with E-state index in [4.69, 9.17) is 87.5 Å². The van der Waals surface area contributed by atoms with Gasteiger partial charge in [0.05, 0.1) is 92.4 Å². The van der Waals surface area contributed by atoms with Gasteiger partial charge < -0.3 is 87.7 Å². The van der Waals surface area contributed by atoms with Gasteiger partial charge in [-0.05, 0) is 110 Å². The minimum absolute atomic E-state index is 0.00304. The lowest BCUT2D eigenvalue weighted by Crippen LogP contribution is -2.14. The van der Waals surface area contributed by atoms with Gasteiger partial charge in [-0.1, -0.05) is 162 Å². The monoisotopic (exact) mass is 2280 g/mol. The molecule has 46 nitrogen and oxygen atoms in total. The van der Waals surface area contributed by atoms with Gasteiger partial charge in [0, 0.05) is 56.3 Å². The number of Topliss-reactive ketones (excluding diaryl/α,β-unsaturated/α-hetero) is 4. The highest BCUT2D eigenvalue weighted by atomic mass is 79.9. The molecule has 0 fully saturated rings. The van der Waals surface area contributed by atoms with Crippen LogP contribution >= 0.6 is 78.2 Å². The average molecular weight is 2280 g/mol. The van der Waals surface area contributed by atoms with E-state index >= 15 is 0 Å². The van der Waals surface area contributed by atoms with Gasteiger partial charge in [0.15, 0.2) is 79.4 Å². The minimum atomic E-state index is -3.88. The molecular weight excluding hydrogens is 2180 g/mol. The maximum Gasteiger partial charge on any atom is 0.356 e. The number of benzene rings is 7. The summed E-state index contributed by atoms with van der Waals surface area (Å²) in [5.41, 5.74) is 29.2. The Labute approximate surface area is 855 Å². The van der Waals surface area contributed by atoms with Crippen molar-refractivity contribution >= 4 is 170 Å². The number of aromatic amines is 4. The van der Waals surface area contributed by atoms with Crippen LogP contribution in [0.5, 0.6) is 11.5 Å². The number of anilines is 4. The third-order valence-corrected chi connectivity index (χ3v) is 28.2. The molecule has 12 N–H and O–H groups in total. The Hall–Kier alpha value is -12.8. The fraction of sp³-hybridized carbons (Fsp3) is 0.283. The van der Waals surface area contributed by atoms with Gasteiger partial charge in [-0.2, -0.15) is 19.9 Å². The fourth-order valence-corrected chi connectivity index (χ4v) is 19.4. The number of nitrogens with one attached hydrogen (secondary N) is 4. The summed E-state index contributed by atoms with van der Waals surface area (Å²) in [4.78, 5) is 139. The molecule has 772 valence electrons. The van der Waals surface area contributed by atoms with E-state index < -0.39 is 103 Å². The van der Waals surface area contributed by atoms with E-state index in [0.29, 0.717) is 44.9 Å². The van der Waals surface area contributed by atoms with Crippen molar-refractivity contribution in [1.82, 2.24) is 78.1 Å². The van der Waals surface area contributed by atoms with Gasteiger partial charge in [0.1, 0.15) is 57.6 Å². The molecule has 8 heterocycles. The van der Waals surface area contributed by atoms with E-state index in [-0.39, 0.29) is 166 Å². The first-order chi connectivity index (χ1) is 69.8. The number of aryl methyl sites for hydroxylation is 3. The molecule has 0 spiro atoms. The average Bonchev–Trinajstić information content (AvgIpc) is 1.67. The van der Waals surface area contributed by atoms with Crippen LogP contribution in [-0.4, -0.2) is 194 Å². The van der Waals surface area contributed by atoms with E-state index in [1.54, 1.807) is 66.8 Å². The molecule has 4 unspecified atom stereocenters. The van der Waals surface area contributed by atoms with Gasteiger partial charge >= 0.3 is 30.4 Å². The number of nitrogen functional groups attached to an aromatic ring is 4. The summed E-state index contributed by atoms with van der Waals surface area (Å²) >= 11 is 10.2. The number of aromatic nitrogens is 16. The van der Waals surface area contributed by atoms with Gasteiger partial charge in [0.2, 0.25) is 23.8 Å². The van der Waals surface area contributed by atoms with E-state index in [1.165, 1.54) is 58.6 Å². The van der Waals surface area contributed by atoms with Crippen molar-refractivity contribution in [3.63, 3.8) is 0 Å². The molecule has 7 aromatic carbocycles. The Morgan fingerprint density at radius 3 is 0.938 bits per heavy atom. The van der Waals surface area contributed by atoms with Crippen LogP contribution in [0.3, 0.4) is 0 Å². The Balaban J connectivity index is 0.000000173. The number of methoxy groups -OCH3 is 2. The van der Waals surface area contributed by atoms with Crippen molar-refractivity contribution in [2.24, 2.45) is 0 Å². The van der Waals surface area contributed by atoms with Gasteiger partial charge in [-0.15, -0.1) is 0 Å². The van der Waals surface area contributed by atoms with E-state index in [9.17, 15) is 61.0 Å². The molecule has 0 amide bonds. The predicted molar refractivity (Wildman–Crippen MR) is 546 cm³/mol. The maximum atomic E-state index is 13.9. The van der Waals surface area contributed by atoms with Gasteiger partial charge in [0.25, 0.3) is 22.2 Å². The molecule has 4 atom stereocenters. The Morgan fingerprint density at radius 1 is 0.363 bits per heavy atom. The first-order valence-electron chi connectivity index (χ1n) is 43.9. The molecule has 15 aromatic rings. The number of halogens is 4. The molecule has 0 aliphatic heterocycles. The number of carbonyl (C=O) groups excluding carboxylic acids is 4. The lowest BCUT2D eigenvalue weighted by atomic mass is 10.1. The summed E-state index contributed by atoms with van der Waals surface area (Å²) in [6, 6.07) is 45.1. The number of nitrogens with zero attached hydrogens (tertiary/aromatic N) is 12. The molecule has 8 aromatic heterocycles. The summed E-state index contributed by atoms with van der Waals surface area (Å²) in [6.07, 6.45) is 4.08. The molecule has 0 aliphatic carbocycles. The summed E-state index contributed by atoms with van der Waals surface area (Å²) in [5.74, 6) is -1.54. The third-order valence-electron chi connectivity index (χ3n) is 20.6. The van der Waals surface area contributed by atoms with E-state index in [1.807, 2.05) is 118 Å². The van der Waals surface area contributed by atoms with E-state index in [0.717, 1.165) is 46.8 Å². The van der Waals surface area contributed by atoms with Crippen molar-refractivity contribution in [2.75, 3.05) is 115 Å². The van der Waals surface area contributed by atoms with Crippen molar-refractivity contribution in [3.05, 3.63) is 299 Å². The number of rotatable bonds is 49. The largest absolute Gasteiger partial charge is 0.496 e. The number of ketones is 4. The first kappa shape index (κ1) is 112. The Bertz CT molecular complexity index is 7380. The molecule has 0 aliphatic rings. The highest BCUT2D eigenvalue weighted by Crippen LogP contribution is 2.52. The van der Waals surface area contributed by atoms with Crippen molar-refractivity contribution in [2.45, 2.75) is 80.3 Å². The van der Waals surface area contributed by atoms with Crippen molar-refractivity contribution in [3.8, 4) is 11.5 Å². The lowest BCUT2D eigenvalue weighted by Gasteiger charge is -2.19. The van der Waals surface area contributed by atoms with Crippen molar-refractivity contribution in [1.29, 1.82) is 0 Å². The standard InChI is InChI=1S/C25H27BrN5O7P.2C24H25BrN5O6P.C19H23FN5O7P/c1-16-6-7-18(11-21(16)35-2)20(32)13-38-39(34,37-12-17-4-3-5-19(26)10-17)15-36-9-8-31-14-28-22-23(31)29-25(27)30-24(22)33;2*1-16-5-7-18(8-6-16)20(31)13-36-37(33,35-12-17-3-2-4-19(25)11-17)15-34-10-9-30-14-27-21-22(30)28-24(26)29-23(21)32;1-12(26)8-31-33(28,32-9-13-3-4-15(29-2)14(20)7-13)11-30-6-5-25-10-22-16-17(25)23-19(21)24-18(16)27/h3-7,10-11,14H,8-9,12-13,15H2,1-2H3,(H3,27,29,30,33);2*2-8,11,14H,9-10,12-13,15H2,1H3,(H3,26,28,29,32);3-4,7,10H,5-6,8-9,11H2,1-2H3,(H3,21,23,24,27). The SMILES string of the molecule is COc1cc(C(=O)COP(=O)(COCCn2cnc3c(=O)[nH]c(N)nc32)OCc2cccc(Br)c2)ccc1C.COc1ccc(COP(=O)(COCCn2cnc3c(=O)[nH]c(N)nc32)OCC(C)=O)cc1F.Cc1ccc(C(=O)COP(=O)(COCCn2cnc3c(=O)[nH]c(N)nc32)OCc2cccc(Br)c2)cc1.Cc1ccc(C(=O)COP(=O)(COCCn2cnc3c(=O)[nH]c(N)nc32)OCc2cccc(Br)c2)cc1. The number of imidazole rings is 4. The fourth-order valence-electron chi connectivity index (χ4n) is 13.1. The number of H-pyrrole nitrogens is 4. The molecule has 146 heavy (non-hydrogen) atoms. The Morgan fingerprint density at radius 2 is 0.651 bits per heavy atom. The zero-order chi connectivity index (χ0) is 105.